The Hall–Kier alpha value is -2.93. The number of aliphatic hydroxyl groups excluding tert-OH is 1. The van der Waals surface area contributed by atoms with Gasteiger partial charge in [0.1, 0.15) is 5.82 Å². The molecule has 1 amide bonds. The quantitative estimate of drug-likeness (QED) is 0.529. The van der Waals surface area contributed by atoms with Crippen LogP contribution in [-0.2, 0) is 17.4 Å². The van der Waals surface area contributed by atoms with E-state index in [0.29, 0.717) is 31.5 Å². The molecule has 3 unspecified atom stereocenters. The van der Waals surface area contributed by atoms with Crippen LogP contribution in [0.3, 0.4) is 0 Å². The largest absolute Gasteiger partial charge is 0.451 e. The Morgan fingerprint density at radius 3 is 2.49 bits per heavy atom. The molecule has 0 radical (unpaired) electrons. The van der Waals surface area contributed by atoms with Crippen LogP contribution in [0.5, 0.6) is 0 Å². The van der Waals surface area contributed by atoms with Crippen molar-refractivity contribution in [2.45, 2.75) is 68.7 Å². The number of amides is 1. The standard InChI is InChI=1S/C26H31F5N6O2/c27-25(28)7-10-36(11-8-25)21(16-12-33-24(34-13-16)26(29,30)31)14-32-23(39)19-2-1-3-20-18(19)4-5-22(35-20)37-9-6-17(38)15-37/h4-5,12-13,17,19,21,38H,1-3,6-11,14-15H2,(H,32,39). The molecule has 5 rings (SSSR count). The molecule has 1 aliphatic carbocycles. The summed E-state index contributed by atoms with van der Waals surface area (Å²) in [5, 5.41) is 12.8. The molecule has 0 saturated carbocycles. The molecule has 3 atom stereocenters. The van der Waals surface area contributed by atoms with E-state index in [-0.39, 0.29) is 44.5 Å². The fourth-order valence-electron chi connectivity index (χ4n) is 5.64. The summed E-state index contributed by atoms with van der Waals surface area (Å²) in [5.41, 5.74) is 1.98. The van der Waals surface area contributed by atoms with Crippen LogP contribution in [0, 0.1) is 0 Å². The number of hydrogen-bond acceptors (Lipinski definition) is 7. The summed E-state index contributed by atoms with van der Waals surface area (Å²) in [4.78, 5) is 28.7. The number of nitrogens with one attached hydrogen (secondary N) is 1. The molecule has 0 aromatic carbocycles. The van der Waals surface area contributed by atoms with E-state index in [1.165, 1.54) is 0 Å². The number of aryl methyl sites for hydroxylation is 1. The zero-order valence-corrected chi connectivity index (χ0v) is 21.3. The van der Waals surface area contributed by atoms with Crippen LogP contribution >= 0.6 is 0 Å². The Labute approximate surface area is 222 Å². The third kappa shape index (κ3) is 6.29. The number of halogens is 5. The molecule has 2 aromatic heterocycles. The van der Waals surface area contributed by atoms with Crippen LogP contribution in [0.25, 0.3) is 0 Å². The number of piperidine rings is 1. The second-order valence-electron chi connectivity index (χ2n) is 10.5. The first-order chi connectivity index (χ1) is 18.5. The normalized spacial score (nSPS) is 24.3. The highest BCUT2D eigenvalue weighted by atomic mass is 19.4. The Morgan fingerprint density at radius 1 is 1.13 bits per heavy atom. The maximum atomic E-state index is 13.8. The van der Waals surface area contributed by atoms with Gasteiger partial charge in [-0.25, -0.2) is 23.7 Å². The van der Waals surface area contributed by atoms with Gasteiger partial charge in [0.15, 0.2) is 0 Å². The van der Waals surface area contributed by atoms with Crippen molar-refractivity contribution in [1.29, 1.82) is 0 Å². The van der Waals surface area contributed by atoms with Crippen molar-refractivity contribution in [3.8, 4) is 0 Å². The maximum Gasteiger partial charge on any atom is 0.451 e. The molecule has 8 nitrogen and oxygen atoms in total. The first kappa shape index (κ1) is 27.6. The van der Waals surface area contributed by atoms with Gasteiger partial charge in [-0.2, -0.15) is 13.2 Å². The van der Waals surface area contributed by atoms with Crippen LogP contribution < -0.4 is 10.2 Å². The first-order valence-corrected chi connectivity index (χ1v) is 13.2. The molecule has 0 bridgehead atoms. The smallest absolute Gasteiger partial charge is 0.391 e. The number of alkyl halides is 5. The van der Waals surface area contributed by atoms with Gasteiger partial charge in [-0.1, -0.05) is 6.07 Å². The molecule has 13 heteroatoms. The van der Waals surface area contributed by atoms with E-state index in [2.05, 4.69) is 15.3 Å². The van der Waals surface area contributed by atoms with Crippen molar-refractivity contribution in [2.75, 3.05) is 37.6 Å². The van der Waals surface area contributed by atoms with E-state index >= 15 is 0 Å². The lowest BCUT2D eigenvalue weighted by atomic mass is 9.85. The van der Waals surface area contributed by atoms with Crippen LogP contribution in [-0.4, -0.2) is 75.6 Å². The van der Waals surface area contributed by atoms with Crippen LogP contribution in [0.1, 0.15) is 66.7 Å². The maximum absolute atomic E-state index is 13.8. The number of carbonyl (C=O) groups is 1. The lowest BCUT2D eigenvalue weighted by Gasteiger charge is -2.37. The molecule has 4 heterocycles. The monoisotopic (exact) mass is 554 g/mol. The number of rotatable bonds is 6. The van der Waals surface area contributed by atoms with Crippen LogP contribution in [0.15, 0.2) is 24.5 Å². The summed E-state index contributed by atoms with van der Waals surface area (Å²) in [7, 11) is 0. The number of fused-ring (bicyclic) bond motifs is 1. The van der Waals surface area contributed by atoms with E-state index in [1.807, 2.05) is 17.0 Å². The second kappa shape index (κ2) is 10.9. The minimum atomic E-state index is -4.70. The van der Waals surface area contributed by atoms with Gasteiger partial charge in [0, 0.05) is 69.2 Å². The van der Waals surface area contributed by atoms with Crippen molar-refractivity contribution < 1.29 is 31.9 Å². The summed E-state index contributed by atoms with van der Waals surface area (Å²) in [6.07, 6.45) is -0.934. The van der Waals surface area contributed by atoms with E-state index in [4.69, 9.17) is 4.98 Å². The van der Waals surface area contributed by atoms with Crippen molar-refractivity contribution in [2.24, 2.45) is 0 Å². The van der Waals surface area contributed by atoms with E-state index in [9.17, 15) is 31.9 Å². The van der Waals surface area contributed by atoms with Crippen molar-refractivity contribution in [3.63, 3.8) is 0 Å². The van der Waals surface area contributed by atoms with Crippen molar-refractivity contribution in [3.05, 3.63) is 47.2 Å². The average molecular weight is 555 g/mol. The number of aliphatic hydroxyl groups is 1. The number of β-amino-alcohol motifs (C(OH)–C–C–N with tert-alkyl or cyclic N) is 1. The molecule has 39 heavy (non-hydrogen) atoms. The number of aromatic nitrogens is 3. The predicted octanol–water partition coefficient (Wildman–Crippen LogP) is 3.47. The molecule has 2 aliphatic heterocycles. The molecule has 2 aromatic rings. The minimum absolute atomic E-state index is 0.0160. The SMILES string of the molecule is O=C(NCC(c1cnc(C(F)(F)F)nc1)N1CCC(F)(F)CC1)C1CCCc2nc(N3CCC(O)C3)ccc21. The number of nitrogens with zero attached hydrogens (tertiary/aromatic N) is 5. The molecule has 2 N–H and O–H groups in total. The third-order valence-corrected chi connectivity index (χ3v) is 7.83. The van der Waals surface area contributed by atoms with Gasteiger partial charge in [0.25, 0.3) is 5.92 Å². The Bertz CT molecular complexity index is 1170. The van der Waals surface area contributed by atoms with Gasteiger partial charge in [-0.15, -0.1) is 0 Å². The Morgan fingerprint density at radius 2 is 1.85 bits per heavy atom. The van der Waals surface area contributed by atoms with E-state index < -0.39 is 29.9 Å². The van der Waals surface area contributed by atoms with Crippen LogP contribution in [0.4, 0.5) is 27.8 Å². The zero-order valence-electron chi connectivity index (χ0n) is 21.3. The van der Waals surface area contributed by atoms with Crippen LogP contribution in [0.2, 0.25) is 0 Å². The molecule has 2 saturated heterocycles. The zero-order chi connectivity index (χ0) is 27.8. The van der Waals surface area contributed by atoms with Gasteiger partial charge in [-0.3, -0.25) is 9.69 Å². The number of carbonyl (C=O) groups excluding carboxylic acids is 1. The molecule has 0 spiro atoms. The fourth-order valence-corrected chi connectivity index (χ4v) is 5.64. The first-order valence-electron chi connectivity index (χ1n) is 13.2. The predicted molar refractivity (Wildman–Crippen MR) is 131 cm³/mol. The van der Waals surface area contributed by atoms with E-state index in [0.717, 1.165) is 42.3 Å². The number of anilines is 1. The molecular weight excluding hydrogens is 523 g/mol. The fraction of sp³-hybridized carbons (Fsp3) is 0.615. The van der Waals surface area contributed by atoms with Gasteiger partial charge >= 0.3 is 6.18 Å². The number of likely N-dealkylation sites (tertiary alicyclic amines) is 1. The van der Waals surface area contributed by atoms with Crippen molar-refractivity contribution in [1.82, 2.24) is 25.2 Å². The average Bonchev–Trinajstić information content (AvgIpc) is 3.34. The van der Waals surface area contributed by atoms with Crippen molar-refractivity contribution >= 4 is 11.7 Å². The highest BCUT2D eigenvalue weighted by Gasteiger charge is 2.38. The lowest BCUT2D eigenvalue weighted by molar-refractivity contribution is -0.145. The van der Waals surface area contributed by atoms with Gasteiger partial charge in [-0.05, 0) is 37.3 Å². The molecule has 2 fully saturated rings. The van der Waals surface area contributed by atoms with Gasteiger partial charge < -0.3 is 15.3 Å². The Kier molecular flexibility index (Phi) is 7.73. The second-order valence-corrected chi connectivity index (χ2v) is 10.5. The summed E-state index contributed by atoms with van der Waals surface area (Å²) >= 11 is 0. The Balaban J connectivity index is 1.31. The topological polar surface area (TPSA) is 94.5 Å². The molecule has 212 valence electrons. The summed E-state index contributed by atoms with van der Waals surface area (Å²) in [6, 6.07) is 3.11. The third-order valence-electron chi connectivity index (χ3n) is 7.83. The summed E-state index contributed by atoms with van der Waals surface area (Å²) < 4.78 is 66.5. The minimum Gasteiger partial charge on any atom is -0.391 e. The van der Waals surface area contributed by atoms with Gasteiger partial charge in [0.2, 0.25) is 11.7 Å². The highest BCUT2D eigenvalue weighted by Crippen LogP contribution is 2.35. The molecular formula is C26H31F5N6O2. The van der Waals surface area contributed by atoms with Gasteiger partial charge in [0.05, 0.1) is 18.1 Å². The number of hydrogen-bond donors (Lipinski definition) is 2. The van der Waals surface area contributed by atoms with E-state index in [1.54, 1.807) is 4.90 Å². The summed E-state index contributed by atoms with van der Waals surface area (Å²) in [6.45, 7) is 1.31. The highest BCUT2D eigenvalue weighted by molar-refractivity contribution is 5.84. The summed E-state index contributed by atoms with van der Waals surface area (Å²) in [5.74, 6) is -4.01. The lowest BCUT2D eigenvalue weighted by Crippen LogP contribution is -2.45. The number of pyridine rings is 1. The molecule has 3 aliphatic rings.